The topological polar surface area (TPSA) is 130 Å². The fourth-order valence-corrected chi connectivity index (χ4v) is 3.51. The number of nitrogens with zero attached hydrogens (tertiary/aromatic N) is 6. The molecule has 0 N–H and O–H groups in total. The maximum absolute atomic E-state index is 13.4. The van der Waals surface area contributed by atoms with Gasteiger partial charge in [0.05, 0.1) is 28.2 Å². The molecule has 1 fully saturated rings. The molecular weight excluding hydrogens is 444 g/mol. The summed E-state index contributed by atoms with van der Waals surface area (Å²) in [7, 11) is 0. The molecule has 9 nitrogen and oxygen atoms in total. The Balaban J connectivity index is 1.77. The van der Waals surface area contributed by atoms with E-state index in [1.807, 2.05) is 26.0 Å². The van der Waals surface area contributed by atoms with Crippen molar-refractivity contribution in [3.63, 3.8) is 0 Å². The minimum atomic E-state index is -1.63. The average molecular weight is 462 g/mol. The number of barbiturate groups is 1. The summed E-state index contributed by atoms with van der Waals surface area (Å²) in [4.78, 5) is 41.8. The Morgan fingerprint density at radius 3 is 1.66 bits per heavy atom. The average Bonchev–Trinajstić information content (AvgIpc) is 2.86. The van der Waals surface area contributed by atoms with E-state index < -0.39 is 23.9 Å². The minimum Gasteiger partial charge on any atom is -0.271 e. The van der Waals surface area contributed by atoms with Crippen molar-refractivity contribution in [1.82, 2.24) is 0 Å². The van der Waals surface area contributed by atoms with E-state index in [1.54, 1.807) is 48.5 Å². The number of nitriles is 2. The van der Waals surface area contributed by atoms with Crippen molar-refractivity contribution in [3.05, 3.63) is 89.0 Å². The number of carbonyl (C=O) groups is 3. The van der Waals surface area contributed by atoms with Gasteiger partial charge in [0.1, 0.15) is 12.1 Å². The zero-order chi connectivity index (χ0) is 25.1. The molecule has 0 aliphatic carbocycles. The van der Waals surface area contributed by atoms with E-state index in [1.165, 1.54) is 18.2 Å². The summed E-state index contributed by atoms with van der Waals surface area (Å²) >= 11 is 0. The monoisotopic (exact) mass is 462 g/mol. The Kier molecular flexibility index (Phi) is 6.17. The van der Waals surface area contributed by atoms with E-state index in [0.29, 0.717) is 11.4 Å². The first-order chi connectivity index (χ1) is 16.8. The summed E-state index contributed by atoms with van der Waals surface area (Å²) in [6.07, 6.45) is 0. The number of anilines is 2. The van der Waals surface area contributed by atoms with E-state index in [-0.39, 0.29) is 16.8 Å². The molecule has 170 valence electrons. The smallest absolute Gasteiger partial charge is 0.271 e. The lowest BCUT2D eigenvalue weighted by atomic mass is 10.1. The number of benzene rings is 3. The van der Waals surface area contributed by atoms with Crippen molar-refractivity contribution < 1.29 is 14.4 Å². The van der Waals surface area contributed by atoms with Gasteiger partial charge in [0, 0.05) is 0 Å². The zero-order valence-electron chi connectivity index (χ0n) is 18.8. The van der Waals surface area contributed by atoms with Crippen LogP contribution in [0.15, 0.2) is 77.0 Å². The number of amides is 4. The van der Waals surface area contributed by atoms with Crippen LogP contribution >= 0.6 is 0 Å². The van der Waals surface area contributed by atoms with E-state index >= 15 is 0 Å². The molecule has 1 aliphatic rings. The Hall–Kier alpha value is -5.15. The highest BCUT2D eigenvalue weighted by Crippen LogP contribution is 2.29. The Bertz CT molecular complexity index is 1380. The summed E-state index contributed by atoms with van der Waals surface area (Å²) in [5.41, 5.74) is 2.88. The van der Waals surface area contributed by atoms with Gasteiger partial charge in [0.2, 0.25) is 6.04 Å². The normalized spacial score (nSPS) is 14.3. The second-order valence-corrected chi connectivity index (χ2v) is 7.87. The minimum absolute atomic E-state index is 0.0861. The molecule has 0 saturated carbocycles. The molecule has 9 heteroatoms. The summed E-state index contributed by atoms with van der Waals surface area (Å²) in [5, 5.41) is 26.3. The molecule has 0 bridgehead atoms. The summed E-state index contributed by atoms with van der Waals surface area (Å²) in [5.74, 6) is -1.68. The van der Waals surface area contributed by atoms with Crippen LogP contribution in [0.2, 0.25) is 0 Å². The first-order valence-electron chi connectivity index (χ1n) is 10.5. The molecule has 0 atom stereocenters. The molecular formula is C26H18N6O3. The van der Waals surface area contributed by atoms with Crippen molar-refractivity contribution in [2.75, 3.05) is 9.80 Å². The Labute approximate surface area is 201 Å². The molecule has 1 aliphatic heterocycles. The third kappa shape index (κ3) is 4.39. The lowest BCUT2D eigenvalue weighted by Crippen LogP contribution is -2.62. The molecule has 0 aromatic heterocycles. The van der Waals surface area contributed by atoms with Crippen LogP contribution in [0.1, 0.15) is 22.3 Å². The molecule has 1 heterocycles. The number of imide groups is 2. The van der Waals surface area contributed by atoms with Crippen LogP contribution < -0.4 is 9.80 Å². The molecule has 0 radical (unpaired) electrons. The SMILES string of the molecule is Cc1ccc(N2C(=O)C(N=Nc3ccc(C#N)c(C#N)c3)C(=O)N(c3ccc(C)cc3)C2=O)cc1. The predicted octanol–water partition coefficient (Wildman–Crippen LogP) is 4.70. The summed E-state index contributed by atoms with van der Waals surface area (Å²) in [6, 6.07) is 19.0. The van der Waals surface area contributed by atoms with Crippen LogP contribution in [0.3, 0.4) is 0 Å². The number of hydrogen-bond acceptors (Lipinski definition) is 7. The fourth-order valence-electron chi connectivity index (χ4n) is 3.51. The van der Waals surface area contributed by atoms with Crippen molar-refractivity contribution >= 4 is 34.9 Å². The highest BCUT2D eigenvalue weighted by Gasteiger charge is 2.47. The van der Waals surface area contributed by atoms with Crippen LogP contribution in [-0.2, 0) is 9.59 Å². The van der Waals surface area contributed by atoms with Gasteiger partial charge < -0.3 is 0 Å². The first kappa shape index (κ1) is 23.0. The standard InChI is InChI=1S/C26H18N6O3/c1-16-3-9-21(10-4-16)31-24(33)23(30-29-20-8-7-18(14-27)19(13-20)15-28)25(34)32(26(31)35)22-11-5-17(2)6-12-22/h3-13,23H,1-2H3. The van der Waals surface area contributed by atoms with E-state index in [2.05, 4.69) is 10.2 Å². The first-order valence-corrected chi connectivity index (χ1v) is 10.5. The quantitative estimate of drug-likeness (QED) is 0.410. The highest BCUT2D eigenvalue weighted by molar-refractivity contribution is 6.38. The number of azo groups is 1. The number of aryl methyl sites for hydroxylation is 2. The Morgan fingerprint density at radius 2 is 1.20 bits per heavy atom. The zero-order valence-corrected chi connectivity index (χ0v) is 18.8. The van der Waals surface area contributed by atoms with E-state index in [4.69, 9.17) is 5.26 Å². The van der Waals surface area contributed by atoms with Crippen molar-refractivity contribution in [1.29, 1.82) is 10.5 Å². The molecule has 0 unspecified atom stereocenters. The van der Waals surface area contributed by atoms with Gasteiger partial charge >= 0.3 is 6.03 Å². The highest BCUT2D eigenvalue weighted by atomic mass is 16.2. The molecule has 3 aromatic carbocycles. The van der Waals surface area contributed by atoms with Crippen LogP contribution in [0.4, 0.5) is 21.9 Å². The third-order valence-corrected chi connectivity index (χ3v) is 5.41. The number of rotatable bonds is 4. The van der Waals surface area contributed by atoms with Gasteiger partial charge in [-0.1, -0.05) is 35.4 Å². The van der Waals surface area contributed by atoms with E-state index in [0.717, 1.165) is 20.9 Å². The molecule has 0 spiro atoms. The number of hydrogen-bond donors (Lipinski definition) is 0. The molecule has 35 heavy (non-hydrogen) atoms. The van der Waals surface area contributed by atoms with Gasteiger partial charge in [-0.2, -0.15) is 20.8 Å². The van der Waals surface area contributed by atoms with Gasteiger partial charge in [-0.15, -0.1) is 0 Å². The van der Waals surface area contributed by atoms with Crippen LogP contribution in [-0.4, -0.2) is 23.9 Å². The predicted molar refractivity (Wildman–Crippen MR) is 127 cm³/mol. The third-order valence-electron chi connectivity index (χ3n) is 5.41. The van der Waals surface area contributed by atoms with Crippen molar-refractivity contribution in [2.45, 2.75) is 19.9 Å². The molecule has 1 saturated heterocycles. The van der Waals surface area contributed by atoms with E-state index in [9.17, 15) is 19.6 Å². The van der Waals surface area contributed by atoms with Gasteiger partial charge in [-0.3, -0.25) is 9.59 Å². The Morgan fingerprint density at radius 1 is 0.714 bits per heavy atom. The molecule has 4 rings (SSSR count). The summed E-state index contributed by atoms with van der Waals surface area (Å²) < 4.78 is 0. The number of carbonyl (C=O) groups excluding carboxylic acids is 3. The van der Waals surface area contributed by atoms with Gasteiger partial charge in [-0.05, 0) is 56.3 Å². The van der Waals surface area contributed by atoms with Crippen LogP contribution in [0.25, 0.3) is 0 Å². The van der Waals surface area contributed by atoms with Crippen molar-refractivity contribution in [3.8, 4) is 12.1 Å². The summed E-state index contributed by atoms with van der Waals surface area (Å²) in [6.45, 7) is 3.74. The van der Waals surface area contributed by atoms with Gasteiger partial charge in [0.25, 0.3) is 11.8 Å². The second-order valence-electron chi connectivity index (χ2n) is 7.87. The fraction of sp³-hybridized carbons (Fsp3) is 0.115. The van der Waals surface area contributed by atoms with Crippen LogP contribution in [0.5, 0.6) is 0 Å². The second kappa shape index (κ2) is 9.38. The molecule has 3 aromatic rings. The lowest BCUT2D eigenvalue weighted by molar-refractivity contribution is -0.128. The maximum Gasteiger partial charge on any atom is 0.342 e. The van der Waals surface area contributed by atoms with Crippen molar-refractivity contribution in [2.24, 2.45) is 10.2 Å². The maximum atomic E-state index is 13.4. The number of urea groups is 1. The lowest BCUT2D eigenvalue weighted by Gasteiger charge is -2.35. The van der Waals surface area contributed by atoms with Gasteiger partial charge in [0.15, 0.2) is 0 Å². The molecule has 4 amide bonds. The van der Waals surface area contributed by atoms with Gasteiger partial charge in [-0.25, -0.2) is 14.6 Å². The largest absolute Gasteiger partial charge is 0.342 e. The van der Waals surface area contributed by atoms with Crippen LogP contribution in [0, 0.1) is 36.5 Å².